The van der Waals surface area contributed by atoms with Gasteiger partial charge >= 0.3 is 5.95 Å². The van der Waals surface area contributed by atoms with Gasteiger partial charge in [0.25, 0.3) is 0 Å². The maximum Gasteiger partial charge on any atom is 0.358 e. The van der Waals surface area contributed by atoms with Crippen LogP contribution in [0.5, 0.6) is 0 Å². The van der Waals surface area contributed by atoms with E-state index in [0.717, 1.165) is 0 Å². The molecular formula is C4H5NO3. The smallest absolute Gasteiger partial charge is 0.358 e. The van der Waals surface area contributed by atoms with Crippen LogP contribution in [0.4, 0.5) is 0 Å². The van der Waals surface area contributed by atoms with Crippen LogP contribution in [0, 0.1) is 0 Å². The number of hydrogen-bond donors (Lipinski definition) is 1. The highest BCUT2D eigenvalue weighted by Gasteiger charge is 1.86. The molecular weight excluding hydrogens is 110 g/mol. The summed E-state index contributed by atoms with van der Waals surface area (Å²) >= 11 is 0. The summed E-state index contributed by atoms with van der Waals surface area (Å²) in [6.45, 7) is 0. The van der Waals surface area contributed by atoms with Crippen LogP contribution < -0.4 is 5.90 Å². The van der Waals surface area contributed by atoms with Crippen LogP contribution in [-0.4, -0.2) is 13.1 Å². The minimum absolute atomic E-state index is 0.181. The lowest BCUT2D eigenvalue weighted by Gasteiger charge is -1.94. The second-order valence-corrected chi connectivity index (χ2v) is 0.836. The molecule has 2 N–H and O–H groups in total. The molecule has 0 atom stereocenters. The second-order valence-electron chi connectivity index (χ2n) is 0.836. The van der Waals surface area contributed by atoms with Crippen molar-refractivity contribution in [3.8, 4) is 0 Å². The minimum atomic E-state index is -0.181. The summed E-state index contributed by atoms with van der Waals surface area (Å²) in [5, 5.41) is 0. The largest absolute Gasteiger partial charge is 0.461 e. The molecule has 0 aromatic heterocycles. The van der Waals surface area contributed by atoms with Gasteiger partial charge in [0.05, 0.1) is 12.8 Å². The predicted molar refractivity (Wildman–Crippen MR) is 25.0 cm³/mol. The zero-order chi connectivity index (χ0) is 6.41. The van der Waals surface area contributed by atoms with Crippen molar-refractivity contribution in [1.82, 2.24) is 0 Å². The summed E-state index contributed by atoms with van der Waals surface area (Å²) in [6, 6.07) is 0. The highest BCUT2D eigenvalue weighted by Crippen LogP contribution is 1.85. The number of ether oxygens (including phenoxy) is 1. The van der Waals surface area contributed by atoms with E-state index >= 15 is 0 Å². The first-order chi connectivity index (χ1) is 3.85. The van der Waals surface area contributed by atoms with Crippen molar-refractivity contribution < 1.29 is 14.4 Å². The van der Waals surface area contributed by atoms with Crippen LogP contribution in [0.25, 0.3) is 0 Å². The van der Waals surface area contributed by atoms with Crippen molar-refractivity contribution in [3.63, 3.8) is 0 Å². The highest BCUT2D eigenvalue weighted by molar-refractivity contribution is 5.43. The van der Waals surface area contributed by atoms with Crippen LogP contribution in [0.15, 0.2) is 11.7 Å². The lowest BCUT2D eigenvalue weighted by Crippen LogP contribution is -1.99. The molecule has 0 aromatic rings. The van der Waals surface area contributed by atoms with E-state index in [1.807, 2.05) is 5.73 Å². The van der Waals surface area contributed by atoms with Gasteiger partial charge in [-0.05, 0) is 0 Å². The molecule has 0 spiro atoms. The van der Waals surface area contributed by atoms with Gasteiger partial charge in [-0.3, -0.25) is 0 Å². The van der Waals surface area contributed by atoms with Crippen LogP contribution in [0.1, 0.15) is 0 Å². The van der Waals surface area contributed by atoms with Crippen molar-refractivity contribution in [2.24, 2.45) is 5.90 Å². The molecule has 0 aliphatic rings. The summed E-state index contributed by atoms with van der Waals surface area (Å²) in [5.74, 6) is 5.69. The molecule has 0 saturated heterocycles. The molecule has 0 aliphatic carbocycles. The van der Waals surface area contributed by atoms with E-state index in [1.54, 1.807) is 0 Å². The molecule has 0 saturated carbocycles. The number of rotatable bonds is 2. The summed E-state index contributed by atoms with van der Waals surface area (Å²) in [6.07, 6.45) is 0. The Morgan fingerprint density at radius 3 is 2.50 bits per heavy atom. The van der Waals surface area contributed by atoms with Gasteiger partial charge in [-0.1, -0.05) is 0 Å². The van der Waals surface area contributed by atoms with E-state index < -0.39 is 0 Å². The fourth-order valence-corrected chi connectivity index (χ4v) is 0.170. The molecule has 0 fully saturated rings. The Bertz CT molecular complexity index is 135. The fourth-order valence-electron chi connectivity index (χ4n) is 0.170. The Labute approximate surface area is 46.1 Å². The molecule has 0 aliphatic heterocycles. The normalized spacial score (nSPS) is 6.25. The monoisotopic (exact) mass is 115 g/mol. The standard InChI is InChI=1S/C4H5NO3/c1-7-4(8-5)2-3-6/h5H2,1H3. The zero-order valence-corrected chi connectivity index (χ0v) is 4.30. The molecule has 0 heterocycles. The maximum absolute atomic E-state index is 9.46. The van der Waals surface area contributed by atoms with Gasteiger partial charge in [-0.2, -0.15) is 5.90 Å². The second kappa shape index (κ2) is 3.96. The first-order valence-electron chi connectivity index (χ1n) is 1.76. The third-order valence-electron chi connectivity index (χ3n) is 0.446. The number of carbonyl (C=O) groups excluding carboxylic acids is 1. The van der Waals surface area contributed by atoms with Crippen molar-refractivity contribution >= 4 is 5.94 Å². The topological polar surface area (TPSA) is 61.5 Å². The Hall–Kier alpha value is -1.21. The Balaban J connectivity index is 4.08. The average Bonchev–Trinajstić information content (AvgIpc) is 1.83. The van der Waals surface area contributed by atoms with Crippen molar-refractivity contribution in [2.45, 2.75) is 0 Å². The summed E-state index contributed by atoms with van der Waals surface area (Å²) < 4.78 is 4.34. The van der Waals surface area contributed by atoms with Crippen LogP contribution in [0.3, 0.4) is 0 Å². The van der Waals surface area contributed by atoms with Gasteiger partial charge < -0.3 is 9.57 Å². The van der Waals surface area contributed by atoms with E-state index in [2.05, 4.69) is 15.5 Å². The molecule has 0 unspecified atom stereocenters. The molecule has 4 heteroatoms. The van der Waals surface area contributed by atoms with Crippen molar-refractivity contribution in [1.29, 1.82) is 0 Å². The van der Waals surface area contributed by atoms with E-state index in [0.29, 0.717) is 0 Å². The van der Waals surface area contributed by atoms with Gasteiger partial charge in [0.15, 0.2) is 5.94 Å². The molecule has 0 aromatic carbocycles. The lowest BCUT2D eigenvalue weighted by molar-refractivity contribution is 0.0636. The molecule has 4 nitrogen and oxygen atoms in total. The highest BCUT2D eigenvalue weighted by atomic mass is 16.7. The Morgan fingerprint density at radius 1 is 1.75 bits per heavy atom. The van der Waals surface area contributed by atoms with E-state index in [4.69, 9.17) is 0 Å². The van der Waals surface area contributed by atoms with Gasteiger partial charge in [-0.15, -0.1) is 0 Å². The number of nitrogens with two attached hydrogens (primary N) is 1. The molecule has 0 rings (SSSR count). The van der Waals surface area contributed by atoms with Crippen molar-refractivity contribution in [2.75, 3.05) is 7.11 Å². The number of methoxy groups -OCH3 is 1. The van der Waals surface area contributed by atoms with E-state index in [9.17, 15) is 4.79 Å². The third-order valence-corrected chi connectivity index (χ3v) is 0.446. The third kappa shape index (κ3) is 2.05. The number of hydrogen-bond acceptors (Lipinski definition) is 4. The fraction of sp³-hybridized carbons (Fsp3) is 0.250. The van der Waals surface area contributed by atoms with Gasteiger partial charge in [0.2, 0.25) is 0 Å². The first kappa shape index (κ1) is 6.79. The molecule has 0 bridgehead atoms. The molecule has 0 amide bonds. The quantitative estimate of drug-likeness (QED) is 0.225. The molecule has 44 valence electrons. The maximum atomic E-state index is 9.46. The predicted octanol–water partition coefficient (Wildman–Crippen LogP) is -0.649. The SMILES string of the molecule is COC(=C=C=O)ON. The molecule has 8 heavy (non-hydrogen) atoms. The summed E-state index contributed by atoms with van der Waals surface area (Å²) in [7, 11) is 1.30. The van der Waals surface area contributed by atoms with Crippen LogP contribution in [0.2, 0.25) is 0 Å². The van der Waals surface area contributed by atoms with Crippen LogP contribution >= 0.6 is 0 Å². The van der Waals surface area contributed by atoms with Gasteiger partial charge in [0.1, 0.15) is 0 Å². The zero-order valence-electron chi connectivity index (χ0n) is 4.30. The Kier molecular flexibility index (Phi) is 3.36. The first-order valence-corrected chi connectivity index (χ1v) is 1.76. The van der Waals surface area contributed by atoms with E-state index in [1.165, 1.54) is 13.1 Å². The average molecular weight is 115 g/mol. The Morgan fingerprint density at radius 2 is 2.38 bits per heavy atom. The van der Waals surface area contributed by atoms with E-state index in [-0.39, 0.29) is 5.95 Å². The minimum Gasteiger partial charge on any atom is -0.461 e. The van der Waals surface area contributed by atoms with Crippen LogP contribution in [-0.2, 0) is 14.4 Å². The van der Waals surface area contributed by atoms with Gasteiger partial charge in [0, 0.05) is 0 Å². The summed E-state index contributed by atoms with van der Waals surface area (Å²) in [5.41, 5.74) is 1.92. The molecule has 0 radical (unpaired) electrons. The lowest BCUT2D eigenvalue weighted by atomic mass is 10.8. The summed E-state index contributed by atoms with van der Waals surface area (Å²) in [4.78, 5) is 13.4. The van der Waals surface area contributed by atoms with Gasteiger partial charge in [-0.25, -0.2) is 4.79 Å². The van der Waals surface area contributed by atoms with Crippen molar-refractivity contribution in [3.05, 3.63) is 11.7 Å².